The maximum Gasteiger partial charge on any atom is 0.223 e. The lowest BCUT2D eigenvalue weighted by atomic mass is 9.56. The Morgan fingerprint density at radius 2 is 1.93 bits per heavy atom. The van der Waals surface area contributed by atoms with Crippen molar-refractivity contribution in [1.82, 2.24) is 9.88 Å². The van der Waals surface area contributed by atoms with E-state index >= 15 is 4.39 Å². The van der Waals surface area contributed by atoms with Gasteiger partial charge in [0, 0.05) is 41.9 Å². The van der Waals surface area contributed by atoms with E-state index in [2.05, 4.69) is 16.8 Å². The Kier molecular flexibility index (Phi) is 4.38. The standard InChI is InChI=1S/C23H29FN2O3S/c1-13(17-12-25-18-4-5-19(30(3,28)29)22(24)21(17)18)6-20(27)26-15-7-14-8-16(26)11-23(2,9-14)10-15/h4-5,12-16,25H,6-11H2,1-3H3. The van der Waals surface area contributed by atoms with Crippen molar-refractivity contribution in [3.8, 4) is 0 Å². The van der Waals surface area contributed by atoms with Gasteiger partial charge in [0.15, 0.2) is 15.7 Å². The second-order valence-corrected chi connectivity index (χ2v) is 12.3. The van der Waals surface area contributed by atoms with Gasteiger partial charge in [0.1, 0.15) is 4.90 Å². The molecule has 2 saturated carbocycles. The van der Waals surface area contributed by atoms with Crippen LogP contribution in [0.2, 0.25) is 0 Å². The Hall–Kier alpha value is -1.89. The molecule has 7 heteroatoms. The van der Waals surface area contributed by atoms with Crippen molar-refractivity contribution >= 4 is 26.6 Å². The summed E-state index contributed by atoms with van der Waals surface area (Å²) in [7, 11) is -3.67. The molecule has 3 heterocycles. The van der Waals surface area contributed by atoms with Crippen LogP contribution < -0.4 is 0 Å². The highest BCUT2D eigenvalue weighted by Gasteiger charge is 2.53. The van der Waals surface area contributed by atoms with Crippen LogP contribution >= 0.6 is 0 Å². The zero-order valence-electron chi connectivity index (χ0n) is 17.7. The van der Waals surface area contributed by atoms with Gasteiger partial charge in [0.05, 0.1) is 0 Å². The molecule has 2 aromatic rings. The van der Waals surface area contributed by atoms with E-state index in [0.717, 1.165) is 37.9 Å². The lowest BCUT2D eigenvalue weighted by Crippen LogP contribution is -2.62. The van der Waals surface area contributed by atoms with E-state index in [1.165, 1.54) is 12.5 Å². The van der Waals surface area contributed by atoms with Crippen molar-refractivity contribution in [3.63, 3.8) is 0 Å². The summed E-state index contributed by atoms with van der Waals surface area (Å²) >= 11 is 0. The summed E-state index contributed by atoms with van der Waals surface area (Å²) in [6.45, 7) is 4.29. The third kappa shape index (κ3) is 3.08. The van der Waals surface area contributed by atoms with Gasteiger partial charge in [0.2, 0.25) is 5.91 Å². The van der Waals surface area contributed by atoms with Crippen molar-refractivity contribution in [1.29, 1.82) is 0 Å². The Labute approximate surface area is 176 Å². The molecule has 0 radical (unpaired) electrons. The minimum Gasteiger partial charge on any atom is -0.361 e. The second-order valence-electron chi connectivity index (χ2n) is 10.3. The Balaban J connectivity index is 1.41. The van der Waals surface area contributed by atoms with Crippen LogP contribution in [-0.2, 0) is 14.6 Å². The number of amides is 1. The zero-order valence-corrected chi connectivity index (χ0v) is 18.6. The van der Waals surface area contributed by atoms with E-state index in [1.54, 1.807) is 12.3 Å². The number of nitrogens with zero attached hydrogens (tertiary/aromatic N) is 1. The number of piperidine rings is 2. The first kappa shape index (κ1) is 20.0. The predicted octanol–water partition coefficient (Wildman–Crippen LogP) is 4.38. The van der Waals surface area contributed by atoms with Crippen LogP contribution in [0.3, 0.4) is 0 Å². The van der Waals surface area contributed by atoms with Crippen molar-refractivity contribution in [2.24, 2.45) is 11.3 Å². The van der Waals surface area contributed by atoms with E-state index in [0.29, 0.717) is 35.0 Å². The number of H-pyrrole nitrogens is 1. The molecule has 1 aromatic carbocycles. The molecule has 2 aliphatic heterocycles. The van der Waals surface area contributed by atoms with Crippen LogP contribution in [0.15, 0.2) is 23.2 Å². The van der Waals surface area contributed by atoms with Crippen molar-refractivity contribution < 1.29 is 17.6 Å². The fourth-order valence-electron chi connectivity index (χ4n) is 6.75. The van der Waals surface area contributed by atoms with Gasteiger partial charge >= 0.3 is 0 Å². The maximum absolute atomic E-state index is 15.1. The lowest BCUT2D eigenvalue weighted by Gasteiger charge is -2.61. The summed E-state index contributed by atoms with van der Waals surface area (Å²) in [6.07, 6.45) is 8.76. The molecule has 30 heavy (non-hydrogen) atoms. The molecule has 1 N–H and O–H groups in total. The van der Waals surface area contributed by atoms with Gasteiger partial charge in [-0.3, -0.25) is 4.79 Å². The number of rotatable bonds is 4. The monoisotopic (exact) mass is 432 g/mol. The fraction of sp³-hybridized carbons (Fsp3) is 0.609. The average Bonchev–Trinajstić information content (AvgIpc) is 3.04. The highest BCUT2D eigenvalue weighted by Crippen LogP contribution is 2.56. The molecule has 4 fully saturated rings. The summed E-state index contributed by atoms with van der Waals surface area (Å²) in [5, 5.41) is 0.283. The number of nitrogens with one attached hydrogen (secondary N) is 1. The highest BCUT2D eigenvalue weighted by molar-refractivity contribution is 7.90. The van der Waals surface area contributed by atoms with Crippen LogP contribution in [0.5, 0.6) is 0 Å². The summed E-state index contributed by atoms with van der Waals surface area (Å²) in [5.74, 6) is -0.0308. The van der Waals surface area contributed by atoms with E-state index < -0.39 is 15.7 Å². The molecule has 1 aromatic heterocycles. The van der Waals surface area contributed by atoms with Crippen molar-refractivity contribution in [2.75, 3.05) is 6.26 Å². The molecule has 162 valence electrons. The number of carbonyl (C=O) groups is 1. The van der Waals surface area contributed by atoms with E-state index in [9.17, 15) is 13.2 Å². The van der Waals surface area contributed by atoms with Crippen LogP contribution in [0.4, 0.5) is 4.39 Å². The molecule has 4 bridgehead atoms. The molecular formula is C23H29FN2O3S. The molecule has 0 spiro atoms. The number of carbonyl (C=O) groups excluding carboxylic acids is 1. The summed E-state index contributed by atoms with van der Waals surface area (Å²) in [4.78, 5) is 18.2. The Morgan fingerprint density at radius 3 is 2.53 bits per heavy atom. The van der Waals surface area contributed by atoms with E-state index in [1.807, 2.05) is 6.92 Å². The molecule has 1 amide bonds. The van der Waals surface area contributed by atoms with E-state index in [-0.39, 0.29) is 22.1 Å². The van der Waals surface area contributed by atoms with Crippen molar-refractivity contribution in [2.45, 2.75) is 75.3 Å². The molecule has 2 saturated heterocycles. The van der Waals surface area contributed by atoms with E-state index in [4.69, 9.17) is 0 Å². The molecule has 5 nitrogen and oxygen atoms in total. The normalized spacial score (nSPS) is 31.5. The maximum atomic E-state index is 15.1. The number of hydrogen-bond donors (Lipinski definition) is 1. The number of halogens is 1. The van der Waals surface area contributed by atoms with Crippen LogP contribution in [0, 0.1) is 17.2 Å². The first-order chi connectivity index (χ1) is 14.1. The number of benzene rings is 1. The predicted molar refractivity (Wildman–Crippen MR) is 114 cm³/mol. The minimum absolute atomic E-state index is 0.147. The first-order valence-electron chi connectivity index (χ1n) is 10.9. The Bertz CT molecular complexity index is 1120. The van der Waals surface area contributed by atoms with Crippen molar-refractivity contribution in [3.05, 3.63) is 29.7 Å². The minimum atomic E-state index is -3.67. The third-order valence-corrected chi connectivity index (χ3v) is 8.83. The number of sulfone groups is 1. The van der Waals surface area contributed by atoms with Crippen LogP contribution in [0.25, 0.3) is 10.9 Å². The van der Waals surface area contributed by atoms with Gasteiger partial charge in [-0.15, -0.1) is 0 Å². The lowest BCUT2D eigenvalue weighted by molar-refractivity contribution is -0.156. The first-order valence-corrected chi connectivity index (χ1v) is 12.8. The topological polar surface area (TPSA) is 70.2 Å². The Morgan fingerprint density at radius 1 is 1.27 bits per heavy atom. The molecule has 6 rings (SSSR count). The quantitative estimate of drug-likeness (QED) is 0.779. The number of hydrogen-bond acceptors (Lipinski definition) is 3. The van der Waals surface area contributed by atoms with Crippen LogP contribution in [-0.4, -0.2) is 42.5 Å². The summed E-state index contributed by atoms with van der Waals surface area (Å²) in [5.41, 5.74) is 1.61. The molecule has 4 aliphatic rings. The van der Waals surface area contributed by atoms with Gasteiger partial charge in [0.25, 0.3) is 0 Å². The smallest absolute Gasteiger partial charge is 0.223 e. The number of fused-ring (bicyclic) bond motifs is 1. The number of aromatic nitrogens is 1. The molecule has 2 aliphatic carbocycles. The summed E-state index contributed by atoms with van der Waals surface area (Å²) in [6, 6.07) is 3.58. The second kappa shape index (κ2) is 6.55. The zero-order chi connectivity index (χ0) is 21.4. The largest absolute Gasteiger partial charge is 0.361 e. The van der Waals surface area contributed by atoms with Gasteiger partial charge in [-0.05, 0) is 67.1 Å². The molecule has 3 atom stereocenters. The van der Waals surface area contributed by atoms with Gasteiger partial charge in [-0.1, -0.05) is 13.8 Å². The van der Waals surface area contributed by atoms with Gasteiger partial charge in [-0.2, -0.15) is 0 Å². The summed E-state index contributed by atoms with van der Waals surface area (Å²) < 4.78 is 39.0. The molecule has 3 unspecified atom stereocenters. The third-order valence-electron chi connectivity index (χ3n) is 7.71. The SMILES string of the molecule is CC(CC(=O)N1C2CC3CC1CC(C)(C3)C2)c1c[nH]c2ccc(S(C)(=O)=O)c(F)c12. The highest BCUT2D eigenvalue weighted by atomic mass is 32.2. The number of aromatic amines is 1. The fourth-order valence-corrected chi connectivity index (χ4v) is 7.50. The van der Waals surface area contributed by atoms with Gasteiger partial charge in [-0.25, -0.2) is 12.8 Å². The van der Waals surface area contributed by atoms with Gasteiger partial charge < -0.3 is 9.88 Å². The van der Waals surface area contributed by atoms with Crippen LogP contribution in [0.1, 0.15) is 63.9 Å². The average molecular weight is 433 g/mol. The molecular weight excluding hydrogens is 403 g/mol.